The van der Waals surface area contributed by atoms with Gasteiger partial charge in [0.15, 0.2) is 0 Å². The lowest BCUT2D eigenvalue weighted by Gasteiger charge is -2.11. The van der Waals surface area contributed by atoms with Gasteiger partial charge in [0.1, 0.15) is 12.4 Å². The van der Waals surface area contributed by atoms with Gasteiger partial charge < -0.3 is 15.2 Å². The summed E-state index contributed by atoms with van der Waals surface area (Å²) in [6.07, 6.45) is 1.41. The molecule has 0 bridgehead atoms. The highest BCUT2D eigenvalue weighted by molar-refractivity contribution is 6.02. The second-order valence-corrected chi connectivity index (χ2v) is 4.04. The molecule has 1 aliphatic heterocycles. The molecule has 104 valence electrons. The molecule has 1 aliphatic rings. The van der Waals surface area contributed by atoms with Gasteiger partial charge >= 0.3 is 12.0 Å². The van der Waals surface area contributed by atoms with E-state index in [1.54, 1.807) is 6.07 Å². The molecule has 1 unspecified atom stereocenters. The van der Waals surface area contributed by atoms with Crippen molar-refractivity contribution in [2.75, 3.05) is 6.61 Å². The van der Waals surface area contributed by atoms with Crippen LogP contribution in [0.15, 0.2) is 36.4 Å². The maximum atomic E-state index is 11.6. The molecule has 0 fully saturated rings. The number of carbonyl (C=O) groups is 3. The Bertz CT molecular complexity index is 582. The van der Waals surface area contributed by atoms with Crippen LogP contribution in [0.4, 0.5) is 4.79 Å². The summed E-state index contributed by atoms with van der Waals surface area (Å²) in [4.78, 5) is 33.0. The minimum Gasteiger partial charge on any atom is -0.491 e. The van der Waals surface area contributed by atoms with E-state index in [2.05, 4.69) is 5.32 Å². The third kappa shape index (κ3) is 3.35. The number of hydrogen-bond donors (Lipinski definition) is 3. The van der Waals surface area contributed by atoms with E-state index >= 15 is 0 Å². The highest BCUT2D eigenvalue weighted by atomic mass is 16.5. The summed E-state index contributed by atoms with van der Waals surface area (Å²) >= 11 is 0. The predicted octanol–water partition coefficient (Wildman–Crippen LogP) is 0.587. The molecule has 1 aromatic carbocycles. The maximum absolute atomic E-state index is 11.6. The van der Waals surface area contributed by atoms with Crippen molar-refractivity contribution in [1.29, 1.82) is 0 Å². The third-order valence-corrected chi connectivity index (χ3v) is 2.62. The first kappa shape index (κ1) is 13.6. The van der Waals surface area contributed by atoms with Crippen molar-refractivity contribution in [2.24, 2.45) is 0 Å². The fourth-order valence-corrected chi connectivity index (χ4v) is 1.78. The fourth-order valence-electron chi connectivity index (χ4n) is 1.78. The van der Waals surface area contributed by atoms with Gasteiger partial charge in [0.2, 0.25) is 0 Å². The number of aliphatic carboxylic acids is 1. The Morgan fingerprint density at radius 2 is 2.00 bits per heavy atom. The molecule has 1 atom stereocenters. The maximum Gasteiger partial charge on any atom is 0.328 e. The van der Waals surface area contributed by atoms with Gasteiger partial charge in [-0.25, -0.2) is 9.59 Å². The predicted molar refractivity (Wildman–Crippen MR) is 68.1 cm³/mol. The van der Waals surface area contributed by atoms with E-state index in [0.29, 0.717) is 11.8 Å². The number of para-hydroxylation sites is 1. The Labute approximate surface area is 114 Å². The summed E-state index contributed by atoms with van der Waals surface area (Å²) in [6, 6.07) is 6.19. The minimum atomic E-state index is -1.27. The highest BCUT2D eigenvalue weighted by Crippen LogP contribution is 2.31. The monoisotopic (exact) mass is 276 g/mol. The van der Waals surface area contributed by atoms with E-state index in [-0.39, 0.29) is 12.6 Å². The molecule has 20 heavy (non-hydrogen) atoms. The molecule has 0 radical (unpaired) electrons. The van der Waals surface area contributed by atoms with Crippen LogP contribution in [0.5, 0.6) is 5.75 Å². The standard InChI is InChI=1S/C13H12N2O5/c16-11(5-6-12(17)18)15-13(19)14-9-7-20-10-4-2-1-3-8(9)10/h1-6,9H,7H2,(H,17,18)(H2,14,15,16,19). The molecule has 3 N–H and O–H groups in total. The molecular formula is C13H12N2O5. The SMILES string of the molecule is O=C(O)C=CC(=O)NC(=O)NC1COc2ccccc21. The van der Waals surface area contributed by atoms with Crippen molar-refractivity contribution in [3.63, 3.8) is 0 Å². The van der Waals surface area contributed by atoms with Gasteiger partial charge in [0.25, 0.3) is 5.91 Å². The molecule has 3 amide bonds. The Morgan fingerprint density at radius 3 is 2.75 bits per heavy atom. The quantitative estimate of drug-likeness (QED) is 0.701. The van der Waals surface area contributed by atoms with Crippen LogP contribution in [0.2, 0.25) is 0 Å². The van der Waals surface area contributed by atoms with E-state index in [0.717, 1.165) is 11.6 Å². The Hall–Kier alpha value is -2.83. The number of nitrogens with one attached hydrogen (secondary N) is 2. The number of ether oxygens (including phenoxy) is 1. The van der Waals surface area contributed by atoms with Gasteiger partial charge in [-0.05, 0) is 6.07 Å². The summed E-state index contributed by atoms with van der Waals surface area (Å²) in [7, 11) is 0. The van der Waals surface area contributed by atoms with Crippen molar-refractivity contribution >= 4 is 17.9 Å². The minimum absolute atomic E-state index is 0.284. The van der Waals surface area contributed by atoms with E-state index < -0.39 is 17.9 Å². The van der Waals surface area contributed by atoms with Gasteiger partial charge in [0, 0.05) is 17.7 Å². The molecule has 0 saturated heterocycles. The Balaban J connectivity index is 1.90. The molecular weight excluding hydrogens is 264 g/mol. The fraction of sp³-hybridized carbons (Fsp3) is 0.154. The first-order valence-electron chi connectivity index (χ1n) is 5.80. The Kier molecular flexibility index (Phi) is 3.99. The van der Waals surface area contributed by atoms with Crippen molar-refractivity contribution < 1.29 is 24.2 Å². The normalized spacial score (nSPS) is 16.3. The topological polar surface area (TPSA) is 105 Å². The summed E-state index contributed by atoms with van der Waals surface area (Å²) in [5, 5.41) is 12.9. The zero-order valence-electron chi connectivity index (χ0n) is 10.3. The number of carbonyl (C=O) groups excluding carboxylic acids is 2. The van der Waals surface area contributed by atoms with E-state index in [1.807, 2.05) is 23.5 Å². The zero-order chi connectivity index (χ0) is 14.5. The second kappa shape index (κ2) is 5.87. The van der Waals surface area contributed by atoms with Crippen LogP contribution in [-0.4, -0.2) is 29.6 Å². The van der Waals surface area contributed by atoms with Crippen molar-refractivity contribution in [3.05, 3.63) is 42.0 Å². The number of amides is 3. The van der Waals surface area contributed by atoms with Gasteiger partial charge in [-0.2, -0.15) is 0 Å². The molecule has 0 aromatic heterocycles. The second-order valence-electron chi connectivity index (χ2n) is 4.04. The smallest absolute Gasteiger partial charge is 0.328 e. The van der Waals surface area contributed by atoms with Crippen LogP contribution >= 0.6 is 0 Å². The van der Waals surface area contributed by atoms with Crippen LogP contribution in [0.3, 0.4) is 0 Å². The van der Waals surface area contributed by atoms with Crippen molar-refractivity contribution in [2.45, 2.75) is 6.04 Å². The van der Waals surface area contributed by atoms with Crippen LogP contribution in [0, 0.1) is 0 Å². The molecule has 7 heteroatoms. The molecule has 7 nitrogen and oxygen atoms in total. The van der Waals surface area contributed by atoms with E-state index in [4.69, 9.17) is 9.84 Å². The van der Waals surface area contributed by atoms with E-state index in [1.165, 1.54) is 0 Å². The lowest BCUT2D eigenvalue weighted by molar-refractivity contribution is -0.131. The lowest BCUT2D eigenvalue weighted by atomic mass is 10.1. The van der Waals surface area contributed by atoms with Crippen LogP contribution in [-0.2, 0) is 9.59 Å². The summed E-state index contributed by atoms with van der Waals surface area (Å²) in [5.74, 6) is -1.38. The Morgan fingerprint density at radius 1 is 1.25 bits per heavy atom. The number of urea groups is 1. The lowest BCUT2D eigenvalue weighted by Crippen LogP contribution is -2.41. The molecule has 0 spiro atoms. The number of imide groups is 1. The average Bonchev–Trinajstić information content (AvgIpc) is 2.80. The van der Waals surface area contributed by atoms with Crippen molar-refractivity contribution in [1.82, 2.24) is 10.6 Å². The van der Waals surface area contributed by atoms with Crippen molar-refractivity contribution in [3.8, 4) is 5.75 Å². The van der Waals surface area contributed by atoms with Crippen LogP contribution in [0.25, 0.3) is 0 Å². The number of fused-ring (bicyclic) bond motifs is 1. The molecule has 0 aliphatic carbocycles. The third-order valence-electron chi connectivity index (χ3n) is 2.62. The summed E-state index contributed by atoms with van der Waals surface area (Å²) < 4.78 is 5.38. The molecule has 1 heterocycles. The first-order chi connectivity index (χ1) is 9.56. The molecule has 0 saturated carbocycles. The van der Waals surface area contributed by atoms with Gasteiger partial charge in [-0.1, -0.05) is 18.2 Å². The van der Waals surface area contributed by atoms with Gasteiger partial charge in [0.05, 0.1) is 6.04 Å². The van der Waals surface area contributed by atoms with Gasteiger partial charge in [-0.3, -0.25) is 10.1 Å². The van der Waals surface area contributed by atoms with Crippen LogP contribution < -0.4 is 15.4 Å². The number of rotatable bonds is 3. The number of benzene rings is 1. The number of hydrogen-bond acceptors (Lipinski definition) is 4. The number of carboxylic acid groups (broad SMARTS) is 1. The summed E-state index contributed by atoms with van der Waals surface area (Å²) in [5.41, 5.74) is 0.830. The van der Waals surface area contributed by atoms with E-state index in [9.17, 15) is 14.4 Å². The zero-order valence-corrected chi connectivity index (χ0v) is 10.3. The molecule has 1 aromatic rings. The highest BCUT2D eigenvalue weighted by Gasteiger charge is 2.25. The number of carboxylic acids is 1. The van der Waals surface area contributed by atoms with Gasteiger partial charge in [-0.15, -0.1) is 0 Å². The first-order valence-corrected chi connectivity index (χ1v) is 5.80. The molecule has 2 rings (SSSR count). The largest absolute Gasteiger partial charge is 0.491 e. The summed E-state index contributed by atoms with van der Waals surface area (Å²) in [6.45, 7) is 0.284. The van der Waals surface area contributed by atoms with Crippen LogP contribution in [0.1, 0.15) is 11.6 Å². The average molecular weight is 276 g/mol.